The minimum absolute atomic E-state index is 0.510. The minimum Gasteiger partial charge on any atom is -0.357 e. The lowest BCUT2D eigenvalue weighted by atomic mass is 9.92. The van der Waals surface area contributed by atoms with Crippen molar-refractivity contribution in [2.24, 2.45) is 0 Å². The lowest BCUT2D eigenvalue weighted by Crippen LogP contribution is -2.37. The van der Waals surface area contributed by atoms with Crippen molar-refractivity contribution in [1.82, 2.24) is 9.97 Å². The van der Waals surface area contributed by atoms with Crippen LogP contribution in [0.15, 0.2) is 12.4 Å². The standard InChI is InChI=1S/C9H12ClN3/c1-13(7-3-2-4-7)9-5-8(10)11-6-12-9/h5-7H,2-4H2,1H3. The molecule has 0 radical (unpaired) electrons. The van der Waals surface area contributed by atoms with Crippen molar-refractivity contribution in [2.45, 2.75) is 25.3 Å². The first-order valence-electron chi connectivity index (χ1n) is 4.48. The summed E-state index contributed by atoms with van der Waals surface area (Å²) in [6.07, 6.45) is 5.36. The van der Waals surface area contributed by atoms with E-state index in [0.717, 1.165) is 5.82 Å². The van der Waals surface area contributed by atoms with Gasteiger partial charge < -0.3 is 4.90 Å². The Hall–Kier alpha value is -0.830. The van der Waals surface area contributed by atoms with Gasteiger partial charge in [0.2, 0.25) is 0 Å². The van der Waals surface area contributed by atoms with Crippen molar-refractivity contribution < 1.29 is 0 Å². The molecule has 0 bridgehead atoms. The molecule has 1 aromatic heterocycles. The Bertz CT molecular complexity index is 299. The zero-order valence-corrected chi connectivity index (χ0v) is 8.33. The highest BCUT2D eigenvalue weighted by molar-refractivity contribution is 6.29. The fraction of sp³-hybridized carbons (Fsp3) is 0.556. The Morgan fingerprint density at radius 1 is 1.46 bits per heavy atom. The second-order valence-corrected chi connectivity index (χ2v) is 3.78. The zero-order chi connectivity index (χ0) is 9.26. The molecule has 1 fully saturated rings. The third kappa shape index (κ3) is 1.75. The summed E-state index contributed by atoms with van der Waals surface area (Å²) in [4.78, 5) is 10.2. The van der Waals surface area contributed by atoms with Gasteiger partial charge in [-0.3, -0.25) is 0 Å². The first-order valence-corrected chi connectivity index (χ1v) is 4.85. The molecule has 1 heterocycles. The van der Waals surface area contributed by atoms with Crippen molar-refractivity contribution in [1.29, 1.82) is 0 Å². The Kier molecular flexibility index (Phi) is 2.36. The Balaban J connectivity index is 2.14. The molecule has 3 nitrogen and oxygen atoms in total. The van der Waals surface area contributed by atoms with Crippen molar-refractivity contribution in [3.8, 4) is 0 Å². The van der Waals surface area contributed by atoms with Gasteiger partial charge in [-0.05, 0) is 19.3 Å². The number of nitrogens with zero attached hydrogens (tertiary/aromatic N) is 3. The molecule has 1 aromatic rings. The van der Waals surface area contributed by atoms with E-state index in [-0.39, 0.29) is 0 Å². The minimum atomic E-state index is 0.510. The number of hydrogen-bond acceptors (Lipinski definition) is 3. The number of hydrogen-bond donors (Lipinski definition) is 0. The molecule has 0 aromatic carbocycles. The smallest absolute Gasteiger partial charge is 0.134 e. The van der Waals surface area contributed by atoms with Crippen LogP contribution in [0.2, 0.25) is 5.15 Å². The molecule has 1 aliphatic carbocycles. The number of rotatable bonds is 2. The van der Waals surface area contributed by atoms with E-state index in [1.165, 1.54) is 25.6 Å². The summed E-state index contributed by atoms with van der Waals surface area (Å²) in [6.45, 7) is 0. The topological polar surface area (TPSA) is 29.0 Å². The third-order valence-corrected chi connectivity index (χ3v) is 2.81. The molecule has 0 N–H and O–H groups in total. The molecule has 0 aliphatic heterocycles. The molecule has 0 saturated heterocycles. The third-order valence-electron chi connectivity index (χ3n) is 2.60. The monoisotopic (exact) mass is 197 g/mol. The van der Waals surface area contributed by atoms with Crippen LogP contribution >= 0.6 is 11.6 Å². The number of aromatic nitrogens is 2. The molecular formula is C9H12ClN3. The summed E-state index contributed by atoms with van der Waals surface area (Å²) in [6, 6.07) is 2.45. The van der Waals surface area contributed by atoms with E-state index in [1.54, 1.807) is 6.07 Å². The molecule has 0 atom stereocenters. The van der Waals surface area contributed by atoms with Crippen LogP contribution in [0.25, 0.3) is 0 Å². The summed E-state index contributed by atoms with van der Waals surface area (Å²) < 4.78 is 0. The normalized spacial score (nSPS) is 16.8. The predicted molar refractivity (Wildman–Crippen MR) is 53.1 cm³/mol. The fourth-order valence-corrected chi connectivity index (χ4v) is 1.62. The molecule has 1 saturated carbocycles. The van der Waals surface area contributed by atoms with Crippen LogP contribution in [0.3, 0.4) is 0 Å². The van der Waals surface area contributed by atoms with E-state index in [9.17, 15) is 0 Å². The maximum Gasteiger partial charge on any atom is 0.134 e. The van der Waals surface area contributed by atoms with E-state index in [4.69, 9.17) is 11.6 Å². The van der Waals surface area contributed by atoms with Gasteiger partial charge in [0.1, 0.15) is 17.3 Å². The van der Waals surface area contributed by atoms with Gasteiger partial charge in [-0.15, -0.1) is 0 Å². The van der Waals surface area contributed by atoms with Crippen molar-refractivity contribution >= 4 is 17.4 Å². The largest absolute Gasteiger partial charge is 0.357 e. The Labute approximate surface area is 82.8 Å². The van der Waals surface area contributed by atoms with E-state index >= 15 is 0 Å². The summed E-state index contributed by atoms with van der Waals surface area (Å²) in [5.74, 6) is 0.921. The zero-order valence-electron chi connectivity index (χ0n) is 7.57. The second kappa shape index (κ2) is 3.50. The van der Waals surface area contributed by atoms with Crippen molar-refractivity contribution in [3.05, 3.63) is 17.5 Å². The maximum atomic E-state index is 5.78. The first kappa shape index (κ1) is 8.75. The molecule has 1 aliphatic rings. The van der Waals surface area contributed by atoms with E-state index in [0.29, 0.717) is 11.2 Å². The van der Waals surface area contributed by atoms with Crippen LogP contribution < -0.4 is 4.90 Å². The summed E-state index contributed by atoms with van der Waals surface area (Å²) >= 11 is 5.78. The molecule has 4 heteroatoms. The second-order valence-electron chi connectivity index (χ2n) is 3.39. The summed E-state index contributed by atoms with van der Waals surface area (Å²) in [5, 5.41) is 0.510. The molecular weight excluding hydrogens is 186 g/mol. The number of anilines is 1. The van der Waals surface area contributed by atoms with E-state index < -0.39 is 0 Å². The van der Waals surface area contributed by atoms with E-state index in [1.807, 2.05) is 0 Å². The van der Waals surface area contributed by atoms with Crippen LogP contribution in [-0.2, 0) is 0 Å². The highest BCUT2D eigenvalue weighted by Crippen LogP contribution is 2.27. The molecule has 0 amide bonds. The average molecular weight is 198 g/mol. The van der Waals surface area contributed by atoms with Crippen molar-refractivity contribution in [3.63, 3.8) is 0 Å². The van der Waals surface area contributed by atoms with Crippen LogP contribution in [0.4, 0.5) is 5.82 Å². The van der Waals surface area contributed by atoms with Gasteiger partial charge in [0, 0.05) is 19.2 Å². The van der Waals surface area contributed by atoms with Gasteiger partial charge in [-0.1, -0.05) is 11.6 Å². The summed E-state index contributed by atoms with van der Waals surface area (Å²) in [5.41, 5.74) is 0. The molecule has 13 heavy (non-hydrogen) atoms. The SMILES string of the molecule is CN(c1cc(Cl)ncn1)C1CCC1. The van der Waals surface area contributed by atoms with Gasteiger partial charge in [-0.2, -0.15) is 0 Å². The van der Waals surface area contributed by atoms with Crippen LogP contribution in [0.1, 0.15) is 19.3 Å². The lowest BCUT2D eigenvalue weighted by Gasteiger charge is -2.35. The Morgan fingerprint density at radius 2 is 2.23 bits per heavy atom. The highest BCUT2D eigenvalue weighted by atomic mass is 35.5. The van der Waals surface area contributed by atoms with Crippen LogP contribution in [-0.4, -0.2) is 23.1 Å². The van der Waals surface area contributed by atoms with Crippen LogP contribution in [0, 0.1) is 0 Å². The van der Waals surface area contributed by atoms with Gasteiger partial charge >= 0.3 is 0 Å². The van der Waals surface area contributed by atoms with Gasteiger partial charge in [0.05, 0.1) is 0 Å². The van der Waals surface area contributed by atoms with Crippen molar-refractivity contribution in [2.75, 3.05) is 11.9 Å². The van der Waals surface area contributed by atoms with Gasteiger partial charge in [-0.25, -0.2) is 9.97 Å². The fourth-order valence-electron chi connectivity index (χ4n) is 1.48. The first-order chi connectivity index (χ1) is 6.27. The highest BCUT2D eigenvalue weighted by Gasteiger charge is 2.22. The van der Waals surface area contributed by atoms with Crippen LogP contribution in [0.5, 0.6) is 0 Å². The Morgan fingerprint density at radius 3 is 2.77 bits per heavy atom. The van der Waals surface area contributed by atoms with E-state index in [2.05, 4.69) is 21.9 Å². The molecule has 70 valence electrons. The lowest BCUT2D eigenvalue weighted by molar-refractivity contribution is 0.399. The molecule has 2 rings (SSSR count). The quantitative estimate of drug-likeness (QED) is 0.681. The average Bonchev–Trinajstić information content (AvgIpc) is 2.01. The predicted octanol–water partition coefficient (Wildman–Crippen LogP) is 2.12. The van der Waals surface area contributed by atoms with Gasteiger partial charge in [0.25, 0.3) is 0 Å². The number of halogens is 1. The molecule has 0 unspecified atom stereocenters. The maximum absolute atomic E-state index is 5.78. The summed E-state index contributed by atoms with van der Waals surface area (Å²) in [7, 11) is 2.06. The molecule has 0 spiro atoms. The van der Waals surface area contributed by atoms with Gasteiger partial charge in [0.15, 0.2) is 0 Å².